The second kappa shape index (κ2) is 5.78. The molecule has 1 aromatic heterocycles. The van der Waals surface area contributed by atoms with Crippen LogP contribution in [0.4, 0.5) is 8.78 Å². The van der Waals surface area contributed by atoms with Crippen LogP contribution in [0.25, 0.3) is 0 Å². The molecular formula is C9H11F2N2O7P. The molecule has 0 aromatic carbocycles. The minimum absolute atomic E-state index is 0.361. The van der Waals surface area contributed by atoms with Crippen LogP contribution >= 0.6 is 7.82 Å². The van der Waals surface area contributed by atoms with Gasteiger partial charge < -0.3 is 14.5 Å². The number of phosphoric ester groups is 1. The van der Waals surface area contributed by atoms with Gasteiger partial charge in [-0.05, 0) is 0 Å². The van der Waals surface area contributed by atoms with E-state index in [-0.39, 0.29) is 6.42 Å². The third kappa shape index (κ3) is 3.83. The van der Waals surface area contributed by atoms with Crippen LogP contribution in [0.15, 0.2) is 15.8 Å². The lowest BCUT2D eigenvalue weighted by Crippen LogP contribution is -2.34. The Balaban J connectivity index is 2.14. The zero-order valence-corrected chi connectivity index (χ0v) is 11.2. The minimum Gasteiger partial charge on any atom is -0.349 e. The molecule has 1 aliphatic rings. The molecule has 0 amide bonds. The first-order valence-corrected chi connectivity index (χ1v) is 7.21. The van der Waals surface area contributed by atoms with E-state index >= 15 is 0 Å². The van der Waals surface area contributed by atoms with E-state index in [1.165, 1.54) is 0 Å². The van der Waals surface area contributed by atoms with E-state index in [0.717, 1.165) is 0 Å². The van der Waals surface area contributed by atoms with Gasteiger partial charge in [0, 0.05) is 6.42 Å². The maximum atomic E-state index is 13.7. The van der Waals surface area contributed by atoms with Crippen LogP contribution in [-0.4, -0.2) is 38.2 Å². The molecule has 118 valence electrons. The fourth-order valence-electron chi connectivity index (χ4n) is 1.86. The van der Waals surface area contributed by atoms with E-state index in [9.17, 15) is 22.9 Å². The molecule has 0 unspecified atom stereocenters. The van der Waals surface area contributed by atoms with Crippen LogP contribution in [-0.2, 0) is 13.8 Å². The van der Waals surface area contributed by atoms with Gasteiger partial charge in [-0.1, -0.05) is 0 Å². The number of aromatic amines is 1. The summed E-state index contributed by atoms with van der Waals surface area (Å²) >= 11 is 0. The predicted octanol–water partition coefficient (Wildman–Crippen LogP) is -0.589. The summed E-state index contributed by atoms with van der Waals surface area (Å²) in [7, 11) is -4.78. The maximum absolute atomic E-state index is 13.7. The van der Waals surface area contributed by atoms with Gasteiger partial charge in [-0.3, -0.25) is 18.9 Å². The number of nitrogens with zero attached hydrogens (tertiary/aromatic N) is 1. The van der Waals surface area contributed by atoms with Crippen LogP contribution < -0.4 is 11.2 Å². The Morgan fingerprint density at radius 1 is 1.52 bits per heavy atom. The zero-order chi connectivity index (χ0) is 15.8. The molecule has 0 radical (unpaired) electrons. The summed E-state index contributed by atoms with van der Waals surface area (Å²) in [6, 6.07) is 0. The number of nitrogens with one attached hydrogen (secondary N) is 1. The van der Waals surface area contributed by atoms with Crippen molar-refractivity contribution in [2.45, 2.75) is 24.9 Å². The number of ether oxygens (including phenoxy) is 1. The number of aromatic nitrogens is 2. The first kappa shape index (κ1) is 16.0. The van der Waals surface area contributed by atoms with Gasteiger partial charge in [0.2, 0.25) is 5.82 Å². The van der Waals surface area contributed by atoms with Gasteiger partial charge in [-0.25, -0.2) is 13.8 Å². The summed E-state index contributed by atoms with van der Waals surface area (Å²) in [4.78, 5) is 41.1. The van der Waals surface area contributed by atoms with Crippen molar-refractivity contribution >= 4 is 7.82 Å². The van der Waals surface area contributed by atoms with E-state index in [0.29, 0.717) is 10.8 Å². The molecule has 0 saturated carbocycles. The Labute approximate surface area is 115 Å². The number of hydrogen-bond donors (Lipinski definition) is 3. The van der Waals surface area contributed by atoms with Crippen molar-refractivity contribution in [2.75, 3.05) is 6.61 Å². The van der Waals surface area contributed by atoms with Gasteiger partial charge in [0.25, 0.3) is 5.56 Å². The number of H-pyrrole nitrogens is 1. The van der Waals surface area contributed by atoms with Crippen molar-refractivity contribution < 1.29 is 32.4 Å². The van der Waals surface area contributed by atoms with E-state index in [4.69, 9.17) is 14.5 Å². The molecule has 0 spiro atoms. The molecule has 3 atom stereocenters. The van der Waals surface area contributed by atoms with Crippen LogP contribution in [0, 0.1) is 5.82 Å². The van der Waals surface area contributed by atoms with Crippen LogP contribution in [0.5, 0.6) is 0 Å². The minimum atomic E-state index is -4.78. The van der Waals surface area contributed by atoms with Gasteiger partial charge in [0.15, 0.2) is 0 Å². The maximum Gasteiger partial charge on any atom is 0.469 e. The number of rotatable bonds is 4. The topological polar surface area (TPSA) is 131 Å². The van der Waals surface area contributed by atoms with Crippen molar-refractivity contribution in [3.05, 3.63) is 32.9 Å². The number of alkyl halides is 1. The molecule has 1 fully saturated rings. The summed E-state index contributed by atoms with van der Waals surface area (Å²) in [5.74, 6) is -1.25. The Morgan fingerprint density at radius 2 is 2.19 bits per heavy atom. The van der Waals surface area contributed by atoms with Crippen molar-refractivity contribution in [1.29, 1.82) is 0 Å². The monoisotopic (exact) mass is 328 g/mol. The lowest BCUT2D eigenvalue weighted by molar-refractivity contribution is -0.0353. The van der Waals surface area contributed by atoms with E-state index < -0.39 is 50.0 Å². The van der Waals surface area contributed by atoms with E-state index in [1.54, 1.807) is 4.98 Å². The first-order chi connectivity index (χ1) is 9.67. The highest BCUT2D eigenvalue weighted by molar-refractivity contribution is 7.46. The molecule has 9 nitrogen and oxygen atoms in total. The molecule has 1 aliphatic heterocycles. The van der Waals surface area contributed by atoms with Gasteiger partial charge in [0.05, 0.1) is 12.8 Å². The molecule has 0 bridgehead atoms. The Morgan fingerprint density at radius 3 is 2.81 bits per heavy atom. The normalized spacial score (nSPS) is 26.2. The predicted molar refractivity (Wildman–Crippen MR) is 62.7 cm³/mol. The smallest absolute Gasteiger partial charge is 0.349 e. The van der Waals surface area contributed by atoms with Crippen molar-refractivity contribution in [3.8, 4) is 0 Å². The summed E-state index contributed by atoms with van der Waals surface area (Å²) in [5, 5.41) is 0. The molecule has 2 heterocycles. The van der Waals surface area contributed by atoms with Crippen LogP contribution in [0.2, 0.25) is 0 Å². The summed E-state index contributed by atoms with van der Waals surface area (Å²) < 4.78 is 47.2. The number of phosphoric acid groups is 1. The van der Waals surface area contributed by atoms with Gasteiger partial charge in [0.1, 0.15) is 18.5 Å². The SMILES string of the molecule is O=c1[nH]c(=O)n([C@H]2C[C@H](F)[C@@H](COP(=O)(O)O)O2)cc1F. The van der Waals surface area contributed by atoms with Crippen molar-refractivity contribution in [1.82, 2.24) is 9.55 Å². The zero-order valence-electron chi connectivity index (χ0n) is 10.3. The molecule has 0 aliphatic carbocycles. The van der Waals surface area contributed by atoms with Gasteiger partial charge in [-0.15, -0.1) is 0 Å². The first-order valence-electron chi connectivity index (χ1n) is 5.68. The Hall–Kier alpha value is -1.39. The quantitative estimate of drug-likeness (QED) is 0.630. The molecule has 2 rings (SSSR count). The van der Waals surface area contributed by atoms with Crippen molar-refractivity contribution in [2.24, 2.45) is 0 Å². The highest BCUT2D eigenvalue weighted by atomic mass is 31.2. The Bertz CT molecular complexity index is 683. The number of hydrogen-bond acceptors (Lipinski definition) is 5. The molecular weight excluding hydrogens is 317 g/mol. The third-order valence-corrected chi connectivity index (χ3v) is 3.29. The average molecular weight is 328 g/mol. The highest BCUT2D eigenvalue weighted by Gasteiger charge is 2.38. The largest absolute Gasteiger partial charge is 0.469 e. The lowest BCUT2D eigenvalue weighted by Gasteiger charge is -2.15. The summed E-state index contributed by atoms with van der Waals surface area (Å²) in [6.45, 7) is -0.734. The van der Waals surface area contributed by atoms with Gasteiger partial charge in [-0.2, -0.15) is 4.39 Å². The second-order valence-electron chi connectivity index (χ2n) is 4.31. The number of halogens is 2. The average Bonchev–Trinajstić information content (AvgIpc) is 2.72. The fourth-order valence-corrected chi connectivity index (χ4v) is 2.20. The molecule has 1 aromatic rings. The van der Waals surface area contributed by atoms with Crippen LogP contribution in [0.3, 0.4) is 0 Å². The molecule has 3 N–H and O–H groups in total. The van der Waals surface area contributed by atoms with Crippen molar-refractivity contribution in [3.63, 3.8) is 0 Å². The molecule has 21 heavy (non-hydrogen) atoms. The van der Waals surface area contributed by atoms with E-state index in [2.05, 4.69) is 4.52 Å². The molecule has 12 heteroatoms. The second-order valence-corrected chi connectivity index (χ2v) is 5.55. The summed E-state index contributed by atoms with van der Waals surface area (Å²) in [5.41, 5.74) is -2.21. The van der Waals surface area contributed by atoms with E-state index in [1.807, 2.05) is 0 Å². The Kier molecular flexibility index (Phi) is 4.40. The lowest BCUT2D eigenvalue weighted by atomic mass is 10.2. The van der Waals surface area contributed by atoms with Gasteiger partial charge >= 0.3 is 13.5 Å². The summed E-state index contributed by atoms with van der Waals surface area (Å²) in [6.07, 6.45) is -4.01. The van der Waals surface area contributed by atoms with Crippen LogP contribution in [0.1, 0.15) is 12.6 Å². The molecule has 1 saturated heterocycles. The standard InChI is InChI=1S/C9H11F2N2O7P/c10-4-1-7(20-6(4)3-19-21(16,17)18)13-2-5(11)8(14)12-9(13)15/h2,4,6-7H,1,3H2,(H,12,14,15)(H2,16,17,18)/t4-,6+,7+/m0/s1. The third-order valence-electron chi connectivity index (χ3n) is 2.80. The fraction of sp³-hybridized carbons (Fsp3) is 0.556. The highest BCUT2D eigenvalue weighted by Crippen LogP contribution is 2.38.